The van der Waals surface area contributed by atoms with E-state index in [2.05, 4.69) is 4.99 Å². The van der Waals surface area contributed by atoms with Crippen LogP contribution < -0.4 is 0 Å². The van der Waals surface area contributed by atoms with Crippen molar-refractivity contribution in [1.29, 1.82) is 0 Å². The molecular weight excluding hydrogens is 138 g/mol. The average Bonchev–Trinajstić information content (AvgIpc) is 2.03. The highest BCUT2D eigenvalue weighted by atomic mass is 16.5. The quantitative estimate of drug-likeness (QED) is 0.467. The minimum absolute atomic E-state index is 0.953. The van der Waals surface area contributed by atoms with E-state index in [1.54, 1.807) is 7.11 Å². The SMILES string of the molecule is CO/C=N/c1ccccc1C. The van der Waals surface area contributed by atoms with Crippen molar-refractivity contribution in [2.75, 3.05) is 7.11 Å². The van der Waals surface area contributed by atoms with E-state index in [-0.39, 0.29) is 0 Å². The summed E-state index contributed by atoms with van der Waals surface area (Å²) in [5.41, 5.74) is 2.11. The highest BCUT2D eigenvalue weighted by Crippen LogP contribution is 2.15. The van der Waals surface area contributed by atoms with Crippen LogP contribution in [-0.4, -0.2) is 13.5 Å². The Morgan fingerprint density at radius 1 is 1.36 bits per heavy atom. The third-order valence-corrected chi connectivity index (χ3v) is 1.41. The van der Waals surface area contributed by atoms with Gasteiger partial charge in [-0.25, -0.2) is 4.99 Å². The summed E-state index contributed by atoms with van der Waals surface area (Å²) in [7, 11) is 1.59. The Bertz CT molecular complexity index is 255. The van der Waals surface area contributed by atoms with Gasteiger partial charge in [-0.1, -0.05) is 18.2 Å². The highest BCUT2D eigenvalue weighted by molar-refractivity contribution is 5.57. The molecule has 1 aromatic carbocycles. The number of rotatable bonds is 2. The van der Waals surface area contributed by atoms with Gasteiger partial charge < -0.3 is 4.74 Å². The first-order valence-corrected chi connectivity index (χ1v) is 3.45. The number of aryl methyl sites for hydroxylation is 1. The Hall–Kier alpha value is -1.31. The molecule has 0 fully saturated rings. The Labute approximate surface area is 66.5 Å². The first kappa shape index (κ1) is 7.79. The fourth-order valence-electron chi connectivity index (χ4n) is 0.818. The maximum absolute atomic E-state index is 4.71. The number of nitrogens with zero attached hydrogens (tertiary/aromatic N) is 1. The lowest BCUT2D eigenvalue weighted by Gasteiger charge is -1.96. The van der Waals surface area contributed by atoms with Crippen molar-refractivity contribution in [2.24, 2.45) is 4.99 Å². The van der Waals surface area contributed by atoms with Gasteiger partial charge in [0.15, 0.2) is 6.40 Å². The molecule has 0 aliphatic carbocycles. The number of para-hydroxylation sites is 1. The predicted molar refractivity (Wildman–Crippen MR) is 46.3 cm³/mol. The molecule has 0 aromatic heterocycles. The van der Waals surface area contributed by atoms with Crippen LogP contribution in [-0.2, 0) is 4.74 Å². The third kappa shape index (κ3) is 2.08. The minimum Gasteiger partial charge on any atom is -0.486 e. The highest BCUT2D eigenvalue weighted by Gasteiger charge is 1.90. The summed E-state index contributed by atoms with van der Waals surface area (Å²) in [6.07, 6.45) is 1.43. The number of aliphatic imine (C=N–C) groups is 1. The number of hydrogen-bond acceptors (Lipinski definition) is 2. The van der Waals surface area contributed by atoms with Crippen LogP contribution in [0.15, 0.2) is 29.3 Å². The van der Waals surface area contributed by atoms with Crippen molar-refractivity contribution >= 4 is 12.1 Å². The number of benzene rings is 1. The van der Waals surface area contributed by atoms with Gasteiger partial charge in [0.2, 0.25) is 0 Å². The number of ether oxygens (including phenoxy) is 1. The van der Waals surface area contributed by atoms with Gasteiger partial charge in [0.05, 0.1) is 12.8 Å². The summed E-state index contributed by atoms with van der Waals surface area (Å²) in [6, 6.07) is 7.91. The first-order valence-electron chi connectivity index (χ1n) is 3.45. The molecule has 0 atom stereocenters. The fraction of sp³-hybridized carbons (Fsp3) is 0.222. The molecule has 0 saturated heterocycles. The molecule has 0 heterocycles. The molecule has 0 spiro atoms. The molecule has 0 unspecified atom stereocenters. The van der Waals surface area contributed by atoms with E-state index in [1.165, 1.54) is 6.40 Å². The lowest BCUT2D eigenvalue weighted by molar-refractivity contribution is 0.423. The normalized spacial score (nSPS) is 10.4. The average molecular weight is 149 g/mol. The maximum Gasteiger partial charge on any atom is 0.174 e. The van der Waals surface area contributed by atoms with Gasteiger partial charge in [-0.2, -0.15) is 0 Å². The van der Waals surface area contributed by atoms with E-state index in [4.69, 9.17) is 4.74 Å². The largest absolute Gasteiger partial charge is 0.486 e. The van der Waals surface area contributed by atoms with E-state index in [9.17, 15) is 0 Å². The van der Waals surface area contributed by atoms with Gasteiger partial charge in [-0.15, -0.1) is 0 Å². The molecule has 1 rings (SSSR count). The third-order valence-electron chi connectivity index (χ3n) is 1.41. The first-order chi connectivity index (χ1) is 5.34. The molecule has 0 saturated carbocycles. The second-order valence-electron chi connectivity index (χ2n) is 2.26. The zero-order valence-electron chi connectivity index (χ0n) is 6.74. The van der Waals surface area contributed by atoms with Crippen molar-refractivity contribution in [3.63, 3.8) is 0 Å². The van der Waals surface area contributed by atoms with Gasteiger partial charge in [-0.3, -0.25) is 0 Å². The molecule has 58 valence electrons. The predicted octanol–water partition coefficient (Wildman–Crippen LogP) is 2.30. The lowest BCUT2D eigenvalue weighted by Crippen LogP contribution is -1.77. The van der Waals surface area contributed by atoms with E-state index < -0.39 is 0 Å². The van der Waals surface area contributed by atoms with Crippen molar-refractivity contribution < 1.29 is 4.74 Å². The van der Waals surface area contributed by atoms with Crippen LogP contribution in [0.4, 0.5) is 5.69 Å². The van der Waals surface area contributed by atoms with Crippen molar-refractivity contribution in [3.8, 4) is 0 Å². The minimum atomic E-state index is 0.953. The number of methoxy groups -OCH3 is 1. The van der Waals surface area contributed by atoms with E-state index in [1.807, 2.05) is 31.2 Å². The standard InChI is InChI=1S/C9H11NO/c1-8-5-3-4-6-9(8)10-7-11-2/h3-7H,1-2H3/b10-7+. The van der Waals surface area contributed by atoms with Gasteiger partial charge in [-0.05, 0) is 18.6 Å². The maximum atomic E-state index is 4.71. The van der Waals surface area contributed by atoms with Crippen LogP contribution in [0, 0.1) is 6.92 Å². The summed E-state index contributed by atoms with van der Waals surface area (Å²) in [6.45, 7) is 2.02. The van der Waals surface area contributed by atoms with Crippen LogP contribution >= 0.6 is 0 Å². The molecule has 0 N–H and O–H groups in total. The van der Waals surface area contributed by atoms with Gasteiger partial charge in [0.1, 0.15) is 0 Å². The van der Waals surface area contributed by atoms with E-state index in [0.717, 1.165) is 11.3 Å². The molecule has 0 aliphatic heterocycles. The zero-order chi connectivity index (χ0) is 8.10. The van der Waals surface area contributed by atoms with E-state index >= 15 is 0 Å². The summed E-state index contributed by atoms with van der Waals surface area (Å²) in [5.74, 6) is 0. The van der Waals surface area contributed by atoms with Crippen molar-refractivity contribution in [2.45, 2.75) is 6.92 Å². The van der Waals surface area contributed by atoms with Gasteiger partial charge in [0, 0.05) is 0 Å². The monoisotopic (exact) mass is 149 g/mol. The molecule has 11 heavy (non-hydrogen) atoms. The van der Waals surface area contributed by atoms with Crippen LogP contribution in [0.2, 0.25) is 0 Å². The molecule has 0 bridgehead atoms. The summed E-state index contributed by atoms with van der Waals surface area (Å²) >= 11 is 0. The Kier molecular flexibility index (Phi) is 2.66. The molecule has 0 radical (unpaired) electrons. The smallest absolute Gasteiger partial charge is 0.174 e. The van der Waals surface area contributed by atoms with Crippen LogP contribution in [0.5, 0.6) is 0 Å². The number of hydrogen-bond donors (Lipinski definition) is 0. The van der Waals surface area contributed by atoms with E-state index in [0.29, 0.717) is 0 Å². The van der Waals surface area contributed by atoms with Crippen LogP contribution in [0.3, 0.4) is 0 Å². The summed E-state index contributed by atoms with van der Waals surface area (Å²) in [5, 5.41) is 0. The Morgan fingerprint density at radius 3 is 2.73 bits per heavy atom. The fourth-order valence-corrected chi connectivity index (χ4v) is 0.818. The molecule has 2 heteroatoms. The van der Waals surface area contributed by atoms with Crippen molar-refractivity contribution in [3.05, 3.63) is 29.8 Å². The van der Waals surface area contributed by atoms with Gasteiger partial charge >= 0.3 is 0 Å². The second kappa shape index (κ2) is 3.76. The van der Waals surface area contributed by atoms with Crippen LogP contribution in [0.25, 0.3) is 0 Å². The second-order valence-corrected chi connectivity index (χ2v) is 2.26. The lowest BCUT2D eigenvalue weighted by atomic mass is 10.2. The van der Waals surface area contributed by atoms with Crippen molar-refractivity contribution in [1.82, 2.24) is 0 Å². The molecule has 2 nitrogen and oxygen atoms in total. The van der Waals surface area contributed by atoms with Crippen LogP contribution in [0.1, 0.15) is 5.56 Å². The zero-order valence-corrected chi connectivity index (χ0v) is 6.74. The summed E-state index contributed by atoms with van der Waals surface area (Å²) < 4.78 is 4.71. The van der Waals surface area contributed by atoms with Gasteiger partial charge in [0.25, 0.3) is 0 Å². The topological polar surface area (TPSA) is 21.6 Å². The molecule has 1 aromatic rings. The molecule has 0 amide bonds. The molecule has 0 aliphatic rings. The molecular formula is C9H11NO. The Balaban J connectivity index is 2.86. The Morgan fingerprint density at radius 2 is 2.09 bits per heavy atom. The summed E-state index contributed by atoms with van der Waals surface area (Å²) in [4.78, 5) is 4.08.